The Bertz CT molecular complexity index is 661. The van der Waals surface area contributed by atoms with Crippen LogP contribution >= 0.6 is 27.7 Å². The van der Waals surface area contributed by atoms with Gasteiger partial charge in [0.05, 0.1) is 4.87 Å². The molecule has 2 amide bonds. The van der Waals surface area contributed by atoms with Gasteiger partial charge in [-0.25, -0.2) is 0 Å². The molecular weight excluding hydrogens is 400 g/mol. The average molecular weight is 425 g/mol. The van der Waals surface area contributed by atoms with Gasteiger partial charge >= 0.3 is 0 Å². The molecule has 0 N–H and O–H groups in total. The van der Waals surface area contributed by atoms with Gasteiger partial charge in [0.1, 0.15) is 0 Å². The molecular formula is C19H25BrN2O2S. The van der Waals surface area contributed by atoms with E-state index in [2.05, 4.69) is 15.9 Å². The number of amides is 2. The van der Waals surface area contributed by atoms with E-state index in [9.17, 15) is 9.59 Å². The van der Waals surface area contributed by atoms with Gasteiger partial charge in [0, 0.05) is 40.8 Å². The Kier molecular flexibility index (Phi) is 5.22. The fraction of sp³-hybridized carbons (Fsp3) is 0.579. The van der Waals surface area contributed by atoms with Crippen LogP contribution in [0.3, 0.4) is 0 Å². The van der Waals surface area contributed by atoms with Gasteiger partial charge in [0.25, 0.3) is 5.91 Å². The number of thioether (sulfide) groups is 1. The standard InChI is InChI=1S/C19H25BrN2O2S/c1-18(2,3)17(24)21-10-8-19(9-11-21)22(12-13-25-19)16(23)14-4-6-15(20)7-5-14/h4-7H,8-13H2,1-3H3. The minimum absolute atomic E-state index is 0.105. The van der Waals surface area contributed by atoms with Gasteiger partial charge in [-0.1, -0.05) is 36.7 Å². The molecule has 3 rings (SSSR count). The van der Waals surface area contributed by atoms with Crippen LogP contribution in [-0.4, -0.2) is 51.9 Å². The second-order valence-corrected chi connectivity index (χ2v) is 10.2. The predicted molar refractivity (Wildman–Crippen MR) is 106 cm³/mol. The van der Waals surface area contributed by atoms with E-state index >= 15 is 0 Å². The Morgan fingerprint density at radius 2 is 1.68 bits per heavy atom. The third-order valence-electron chi connectivity index (χ3n) is 4.99. The molecule has 0 aliphatic carbocycles. The number of hydrogen-bond donors (Lipinski definition) is 0. The molecule has 4 nitrogen and oxygen atoms in total. The highest BCUT2D eigenvalue weighted by molar-refractivity contribution is 9.10. The molecule has 136 valence electrons. The summed E-state index contributed by atoms with van der Waals surface area (Å²) in [5, 5.41) is 0. The van der Waals surface area contributed by atoms with Crippen molar-refractivity contribution in [2.75, 3.05) is 25.4 Å². The van der Waals surface area contributed by atoms with Crippen LogP contribution in [0, 0.1) is 5.41 Å². The first kappa shape index (κ1) is 18.8. The number of rotatable bonds is 1. The lowest BCUT2D eigenvalue weighted by molar-refractivity contribution is -0.141. The number of halogens is 1. The van der Waals surface area contributed by atoms with Crippen LogP contribution in [0.5, 0.6) is 0 Å². The maximum absolute atomic E-state index is 13.0. The van der Waals surface area contributed by atoms with Crippen molar-refractivity contribution in [2.24, 2.45) is 5.41 Å². The zero-order valence-corrected chi connectivity index (χ0v) is 17.5. The minimum atomic E-state index is -0.347. The summed E-state index contributed by atoms with van der Waals surface area (Å²) in [4.78, 5) is 29.4. The van der Waals surface area contributed by atoms with E-state index in [1.165, 1.54) is 0 Å². The topological polar surface area (TPSA) is 40.6 Å². The van der Waals surface area contributed by atoms with Crippen LogP contribution in [0.25, 0.3) is 0 Å². The first-order chi connectivity index (χ1) is 11.7. The predicted octanol–water partition coefficient (Wildman–Crippen LogP) is 4.00. The van der Waals surface area contributed by atoms with Crippen molar-refractivity contribution in [1.29, 1.82) is 0 Å². The van der Waals surface area contributed by atoms with Crippen molar-refractivity contribution in [3.8, 4) is 0 Å². The minimum Gasteiger partial charge on any atom is -0.342 e. The molecule has 2 aliphatic rings. The lowest BCUT2D eigenvalue weighted by Crippen LogP contribution is -2.55. The number of benzene rings is 1. The quantitative estimate of drug-likeness (QED) is 0.683. The van der Waals surface area contributed by atoms with E-state index in [1.54, 1.807) is 0 Å². The van der Waals surface area contributed by atoms with Crippen molar-refractivity contribution in [3.05, 3.63) is 34.3 Å². The molecule has 0 bridgehead atoms. The van der Waals surface area contributed by atoms with Gasteiger partial charge in [-0.15, -0.1) is 11.8 Å². The summed E-state index contributed by atoms with van der Waals surface area (Å²) in [5.74, 6) is 1.28. The van der Waals surface area contributed by atoms with Gasteiger partial charge < -0.3 is 9.80 Å². The number of piperidine rings is 1. The van der Waals surface area contributed by atoms with E-state index in [-0.39, 0.29) is 22.1 Å². The Labute approximate surface area is 162 Å². The SMILES string of the molecule is CC(C)(C)C(=O)N1CCC2(CC1)SCCN2C(=O)c1ccc(Br)cc1. The molecule has 2 fully saturated rings. The summed E-state index contributed by atoms with van der Waals surface area (Å²) in [7, 11) is 0. The van der Waals surface area contributed by atoms with Crippen LogP contribution in [-0.2, 0) is 4.79 Å². The largest absolute Gasteiger partial charge is 0.342 e. The lowest BCUT2D eigenvalue weighted by atomic mass is 9.92. The Hall–Kier alpha value is -1.01. The smallest absolute Gasteiger partial charge is 0.254 e. The highest BCUT2D eigenvalue weighted by atomic mass is 79.9. The molecule has 0 unspecified atom stereocenters. The van der Waals surface area contributed by atoms with Gasteiger partial charge in [0.15, 0.2) is 0 Å². The van der Waals surface area contributed by atoms with Crippen molar-refractivity contribution in [2.45, 2.75) is 38.5 Å². The first-order valence-corrected chi connectivity index (χ1v) is 10.5. The van der Waals surface area contributed by atoms with Gasteiger partial charge in [-0.2, -0.15) is 0 Å². The van der Waals surface area contributed by atoms with Gasteiger partial charge in [0.2, 0.25) is 5.91 Å². The zero-order valence-electron chi connectivity index (χ0n) is 15.0. The van der Waals surface area contributed by atoms with E-state index in [4.69, 9.17) is 0 Å². The zero-order chi connectivity index (χ0) is 18.2. The number of carbonyl (C=O) groups is 2. The maximum Gasteiger partial charge on any atom is 0.254 e. The summed E-state index contributed by atoms with van der Waals surface area (Å²) in [5.41, 5.74) is 0.388. The van der Waals surface area contributed by atoms with E-state index in [0.717, 1.165) is 48.3 Å². The molecule has 6 heteroatoms. The van der Waals surface area contributed by atoms with Crippen LogP contribution in [0.15, 0.2) is 28.7 Å². The van der Waals surface area contributed by atoms with E-state index < -0.39 is 0 Å². The highest BCUT2D eigenvalue weighted by Gasteiger charge is 2.47. The second kappa shape index (κ2) is 6.95. The van der Waals surface area contributed by atoms with Crippen LogP contribution in [0.2, 0.25) is 0 Å². The molecule has 2 aliphatic heterocycles. The molecule has 1 spiro atoms. The second-order valence-electron chi connectivity index (χ2n) is 7.80. The number of carbonyl (C=O) groups excluding carboxylic acids is 2. The summed E-state index contributed by atoms with van der Waals surface area (Å²) >= 11 is 5.30. The molecule has 0 atom stereocenters. The Balaban J connectivity index is 1.73. The van der Waals surface area contributed by atoms with Gasteiger partial charge in [-0.05, 0) is 37.1 Å². The third-order valence-corrected chi connectivity index (χ3v) is 7.07. The normalized spacial score (nSPS) is 20.2. The monoisotopic (exact) mass is 424 g/mol. The molecule has 2 saturated heterocycles. The van der Waals surface area contributed by atoms with Crippen LogP contribution in [0.4, 0.5) is 0 Å². The Morgan fingerprint density at radius 1 is 1.08 bits per heavy atom. The molecule has 2 heterocycles. The highest BCUT2D eigenvalue weighted by Crippen LogP contribution is 2.45. The molecule has 1 aromatic rings. The molecule has 25 heavy (non-hydrogen) atoms. The van der Waals surface area contributed by atoms with E-state index in [0.29, 0.717) is 0 Å². The summed E-state index contributed by atoms with van der Waals surface area (Å²) in [6.45, 7) is 8.14. The fourth-order valence-electron chi connectivity index (χ4n) is 3.59. The molecule has 0 saturated carbocycles. The average Bonchev–Trinajstić information content (AvgIpc) is 2.97. The maximum atomic E-state index is 13.0. The molecule has 0 radical (unpaired) electrons. The summed E-state index contributed by atoms with van der Waals surface area (Å²) in [6, 6.07) is 7.57. The van der Waals surface area contributed by atoms with Crippen LogP contribution in [0.1, 0.15) is 44.0 Å². The van der Waals surface area contributed by atoms with Gasteiger partial charge in [-0.3, -0.25) is 9.59 Å². The van der Waals surface area contributed by atoms with Crippen molar-refractivity contribution >= 4 is 39.5 Å². The Morgan fingerprint density at radius 3 is 2.24 bits per heavy atom. The number of hydrogen-bond acceptors (Lipinski definition) is 3. The number of likely N-dealkylation sites (tertiary alicyclic amines) is 1. The summed E-state index contributed by atoms with van der Waals surface area (Å²) in [6.07, 6.45) is 1.70. The molecule has 1 aromatic carbocycles. The van der Waals surface area contributed by atoms with Crippen LogP contribution < -0.4 is 0 Å². The number of nitrogens with zero attached hydrogens (tertiary/aromatic N) is 2. The van der Waals surface area contributed by atoms with E-state index in [1.807, 2.05) is 66.6 Å². The fourth-order valence-corrected chi connectivity index (χ4v) is 5.31. The van der Waals surface area contributed by atoms with Crippen molar-refractivity contribution in [3.63, 3.8) is 0 Å². The lowest BCUT2D eigenvalue weighted by Gasteiger charge is -2.45. The van der Waals surface area contributed by atoms with Crippen molar-refractivity contribution < 1.29 is 9.59 Å². The van der Waals surface area contributed by atoms with Crippen molar-refractivity contribution in [1.82, 2.24) is 9.80 Å². The summed E-state index contributed by atoms with van der Waals surface area (Å²) < 4.78 is 0.976. The third kappa shape index (κ3) is 3.75. The molecule has 0 aromatic heterocycles. The first-order valence-electron chi connectivity index (χ1n) is 8.74.